The third-order valence-corrected chi connectivity index (χ3v) is 5.96. The minimum absolute atomic E-state index is 0.127. The Morgan fingerprint density at radius 3 is 2.46 bits per heavy atom. The minimum atomic E-state index is -0.203. The summed E-state index contributed by atoms with van der Waals surface area (Å²) in [5.41, 5.74) is 1.57. The number of rotatable bonds is 5. The van der Waals surface area contributed by atoms with E-state index in [1.54, 1.807) is 11.6 Å². The van der Waals surface area contributed by atoms with Gasteiger partial charge in [-0.25, -0.2) is 4.39 Å². The SMILES string of the molecule is Cn1c(NCC2CCN(Cc3ccc(F)cc3)CC2)c(C#N)c(=N)n(C)c1=S. The fraction of sp³-hybridized carbons (Fsp3) is 0.450. The molecule has 0 saturated carbocycles. The number of benzene rings is 1. The number of likely N-dealkylation sites (tertiary alicyclic amines) is 1. The van der Waals surface area contributed by atoms with Crippen molar-refractivity contribution in [2.75, 3.05) is 25.0 Å². The summed E-state index contributed by atoms with van der Waals surface area (Å²) in [6.45, 7) is 3.56. The average molecular weight is 401 g/mol. The van der Waals surface area contributed by atoms with Crippen molar-refractivity contribution in [2.45, 2.75) is 19.4 Å². The molecular weight excluding hydrogens is 375 g/mol. The second-order valence-corrected chi connectivity index (χ2v) is 7.68. The Balaban J connectivity index is 1.59. The van der Waals surface area contributed by atoms with Gasteiger partial charge in [-0.1, -0.05) is 12.1 Å². The zero-order valence-corrected chi connectivity index (χ0v) is 17.0. The summed E-state index contributed by atoms with van der Waals surface area (Å²) in [7, 11) is 3.52. The monoisotopic (exact) mass is 400 g/mol. The van der Waals surface area contributed by atoms with Crippen LogP contribution in [0.5, 0.6) is 0 Å². The zero-order chi connectivity index (χ0) is 20.3. The van der Waals surface area contributed by atoms with Gasteiger partial charge in [0.2, 0.25) is 0 Å². The summed E-state index contributed by atoms with van der Waals surface area (Å²) < 4.78 is 16.8. The second-order valence-electron chi connectivity index (χ2n) is 7.31. The van der Waals surface area contributed by atoms with E-state index in [0.717, 1.165) is 44.6 Å². The first-order chi connectivity index (χ1) is 13.4. The maximum absolute atomic E-state index is 13.0. The van der Waals surface area contributed by atoms with E-state index in [0.29, 0.717) is 22.1 Å². The molecule has 0 bridgehead atoms. The average Bonchev–Trinajstić information content (AvgIpc) is 2.71. The molecule has 1 aromatic heterocycles. The van der Waals surface area contributed by atoms with Gasteiger partial charge in [-0.2, -0.15) is 5.26 Å². The molecule has 0 radical (unpaired) electrons. The molecule has 1 fully saturated rings. The third-order valence-electron chi connectivity index (χ3n) is 5.41. The fourth-order valence-electron chi connectivity index (χ4n) is 3.61. The Kier molecular flexibility index (Phi) is 6.27. The van der Waals surface area contributed by atoms with Crippen molar-refractivity contribution in [1.82, 2.24) is 14.0 Å². The lowest BCUT2D eigenvalue weighted by Gasteiger charge is -2.32. The van der Waals surface area contributed by atoms with Crippen molar-refractivity contribution in [3.8, 4) is 6.07 Å². The van der Waals surface area contributed by atoms with Gasteiger partial charge in [0, 0.05) is 27.2 Å². The van der Waals surface area contributed by atoms with E-state index in [1.165, 1.54) is 16.7 Å². The Bertz CT molecular complexity index is 994. The second kappa shape index (κ2) is 8.67. The number of nitriles is 1. The molecule has 0 aliphatic carbocycles. The van der Waals surface area contributed by atoms with Crippen LogP contribution in [0, 0.1) is 33.2 Å². The van der Waals surface area contributed by atoms with Crippen molar-refractivity contribution in [3.63, 3.8) is 0 Å². The first-order valence-electron chi connectivity index (χ1n) is 9.36. The number of nitrogens with one attached hydrogen (secondary N) is 2. The predicted octanol–water partition coefficient (Wildman–Crippen LogP) is 2.91. The van der Waals surface area contributed by atoms with Gasteiger partial charge in [-0.3, -0.25) is 10.3 Å². The van der Waals surface area contributed by atoms with Crippen LogP contribution >= 0.6 is 12.2 Å². The first kappa shape index (κ1) is 20.2. The number of halogens is 1. The highest BCUT2D eigenvalue weighted by atomic mass is 32.1. The molecule has 1 aromatic carbocycles. The number of hydrogen-bond donors (Lipinski definition) is 2. The van der Waals surface area contributed by atoms with Crippen LogP contribution in [-0.2, 0) is 20.6 Å². The van der Waals surface area contributed by atoms with Gasteiger partial charge in [0.1, 0.15) is 28.8 Å². The summed E-state index contributed by atoms with van der Waals surface area (Å²) in [6, 6.07) is 8.82. The molecule has 0 unspecified atom stereocenters. The molecular formula is C20H25FN6S. The van der Waals surface area contributed by atoms with Crippen molar-refractivity contribution in [1.29, 1.82) is 10.7 Å². The van der Waals surface area contributed by atoms with E-state index in [1.807, 2.05) is 19.2 Å². The highest BCUT2D eigenvalue weighted by Crippen LogP contribution is 2.20. The standard InChI is InChI=1S/C20H25FN6S/c1-25-18(23)17(11-22)19(26(2)20(25)28)24-12-14-7-9-27(10-8-14)13-15-3-5-16(21)6-4-15/h3-6,14,23-24H,7-10,12-13H2,1-2H3. The quantitative estimate of drug-likeness (QED) is 0.757. The lowest BCUT2D eigenvalue weighted by molar-refractivity contribution is 0.182. The molecule has 0 atom stereocenters. The van der Waals surface area contributed by atoms with Gasteiger partial charge in [0.25, 0.3) is 0 Å². The summed E-state index contributed by atoms with van der Waals surface area (Å²) >= 11 is 5.36. The molecule has 1 aliphatic rings. The number of aromatic nitrogens is 2. The molecule has 2 N–H and O–H groups in total. The molecule has 0 amide bonds. The van der Waals surface area contributed by atoms with Crippen LogP contribution < -0.4 is 10.8 Å². The smallest absolute Gasteiger partial charge is 0.182 e. The van der Waals surface area contributed by atoms with E-state index >= 15 is 0 Å². The Morgan fingerprint density at radius 1 is 1.21 bits per heavy atom. The molecule has 1 aliphatic heterocycles. The van der Waals surface area contributed by atoms with Crippen molar-refractivity contribution in [2.24, 2.45) is 20.0 Å². The molecule has 28 heavy (non-hydrogen) atoms. The van der Waals surface area contributed by atoms with Crippen molar-refractivity contribution < 1.29 is 4.39 Å². The Hall–Kier alpha value is -2.50. The molecule has 6 nitrogen and oxygen atoms in total. The highest BCUT2D eigenvalue weighted by molar-refractivity contribution is 7.71. The van der Waals surface area contributed by atoms with Crippen LogP contribution in [0.1, 0.15) is 24.0 Å². The maximum Gasteiger partial charge on any atom is 0.182 e. The van der Waals surface area contributed by atoms with Gasteiger partial charge < -0.3 is 14.5 Å². The summed E-state index contributed by atoms with van der Waals surface area (Å²) in [6.07, 6.45) is 2.10. The normalized spacial score (nSPS) is 15.4. The van der Waals surface area contributed by atoms with Crippen LogP contribution in [-0.4, -0.2) is 33.7 Å². The Morgan fingerprint density at radius 2 is 1.86 bits per heavy atom. The summed E-state index contributed by atoms with van der Waals surface area (Å²) in [5, 5.41) is 21.0. The van der Waals surface area contributed by atoms with E-state index < -0.39 is 0 Å². The van der Waals surface area contributed by atoms with Gasteiger partial charge in [0.05, 0.1) is 0 Å². The summed E-state index contributed by atoms with van der Waals surface area (Å²) in [5.74, 6) is 0.906. The van der Waals surface area contributed by atoms with Gasteiger partial charge in [-0.05, 0) is 61.8 Å². The zero-order valence-electron chi connectivity index (χ0n) is 16.2. The number of hydrogen-bond acceptors (Lipinski definition) is 5. The lowest BCUT2D eigenvalue weighted by atomic mass is 9.96. The van der Waals surface area contributed by atoms with Crippen LogP contribution in [0.2, 0.25) is 0 Å². The third kappa shape index (κ3) is 4.32. The fourth-order valence-corrected chi connectivity index (χ4v) is 3.80. The van der Waals surface area contributed by atoms with Gasteiger partial charge in [-0.15, -0.1) is 0 Å². The maximum atomic E-state index is 13.0. The number of nitrogens with zero attached hydrogens (tertiary/aromatic N) is 4. The van der Waals surface area contributed by atoms with Crippen LogP contribution in [0.3, 0.4) is 0 Å². The van der Waals surface area contributed by atoms with Crippen LogP contribution in [0.4, 0.5) is 10.2 Å². The molecule has 2 aromatic rings. The molecule has 2 heterocycles. The lowest BCUT2D eigenvalue weighted by Crippen LogP contribution is -2.36. The van der Waals surface area contributed by atoms with E-state index in [4.69, 9.17) is 17.6 Å². The first-order valence-corrected chi connectivity index (χ1v) is 9.77. The predicted molar refractivity (Wildman–Crippen MR) is 109 cm³/mol. The summed E-state index contributed by atoms with van der Waals surface area (Å²) in [4.78, 5) is 2.39. The number of anilines is 1. The van der Waals surface area contributed by atoms with E-state index in [9.17, 15) is 9.65 Å². The van der Waals surface area contributed by atoms with Gasteiger partial charge >= 0.3 is 0 Å². The topological polar surface area (TPSA) is 72.8 Å². The minimum Gasteiger partial charge on any atom is -0.370 e. The molecule has 1 saturated heterocycles. The van der Waals surface area contributed by atoms with E-state index in [2.05, 4.69) is 16.3 Å². The Labute approximate surface area is 169 Å². The van der Waals surface area contributed by atoms with Crippen molar-refractivity contribution in [3.05, 3.63) is 51.5 Å². The van der Waals surface area contributed by atoms with E-state index in [-0.39, 0.29) is 11.3 Å². The van der Waals surface area contributed by atoms with Crippen molar-refractivity contribution >= 4 is 18.0 Å². The largest absolute Gasteiger partial charge is 0.370 e. The van der Waals surface area contributed by atoms with Crippen LogP contribution in [0.25, 0.3) is 0 Å². The molecule has 148 valence electrons. The molecule has 0 spiro atoms. The highest BCUT2D eigenvalue weighted by Gasteiger charge is 2.20. The molecule has 3 rings (SSSR count). The number of piperidine rings is 1. The van der Waals surface area contributed by atoms with Gasteiger partial charge in [0.15, 0.2) is 4.77 Å². The molecule has 8 heteroatoms. The van der Waals surface area contributed by atoms with Crippen LogP contribution in [0.15, 0.2) is 24.3 Å².